The Morgan fingerprint density at radius 1 is 0.811 bits per heavy atom. The van der Waals surface area contributed by atoms with Crippen LogP contribution < -0.4 is 0 Å². The highest BCUT2D eigenvalue weighted by atomic mass is 16.5. The summed E-state index contributed by atoms with van der Waals surface area (Å²) in [5.41, 5.74) is 2.23. The predicted octanol–water partition coefficient (Wildman–Crippen LogP) is 14.5. The van der Waals surface area contributed by atoms with Crippen LogP contribution in [0.3, 0.4) is 0 Å². The van der Waals surface area contributed by atoms with Crippen LogP contribution in [0.1, 0.15) is 215 Å². The highest BCUT2D eigenvalue weighted by Crippen LogP contribution is 2.67. The third kappa shape index (κ3) is 12.7. The molecule has 3 saturated carbocycles. The van der Waals surface area contributed by atoms with Crippen molar-refractivity contribution in [3.63, 3.8) is 0 Å². The summed E-state index contributed by atoms with van der Waals surface area (Å²) in [4.78, 5) is 25.1. The van der Waals surface area contributed by atoms with Crippen molar-refractivity contribution in [3.05, 3.63) is 23.8 Å². The summed E-state index contributed by atoms with van der Waals surface area (Å²) in [6, 6.07) is 0. The maximum Gasteiger partial charge on any atom is 0.310 e. The van der Waals surface area contributed by atoms with Crippen LogP contribution in [-0.4, -0.2) is 23.1 Å². The van der Waals surface area contributed by atoms with Gasteiger partial charge in [0.15, 0.2) is 0 Å². The highest BCUT2D eigenvalue weighted by molar-refractivity contribution is 5.79. The fraction of sp³-hybridized carbons (Fsp3) is 0.878. The van der Waals surface area contributed by atoms with Crippen molar-refractivity contribution in [2.24, 2.45) is 52.3 Å². The Hall–Kier alpha value is -1.58. The molecule has 4 heteroatoms. The molecule has 0 spiro atoms. The molecular weight excluding hydrogens is 653 g/mol. The van der Waals surface area contributed by atoms with Gasteiger partial charge in [0.2, 0.25) is 0 Å². The summed E-state index contributed by atoms with van der Waals surface area (Å²) in [5.74, 6) is 3.07. The quantitative estimate of drug-likeness (QED) is 0.0576. The van der Waals surface area contributed by atoms with E-state index in [4.69, 9.17) is 4.74 Å². The first kappa shape index (κ1) is 44.1. The zero-order valence-corrected chi connectivity index (χ0v) is 35.6. The van der Waals surface area contributed by atoms with Crippen LogP contribution >= 0.6 is 0 Å². The molecule has 0 aromatic rings. The number of aliphatic carboxylic acids is 1. The van der Waals surface area contributed by atoms with Gasteiger partial charge in [-0.2, -0.15) is 0 Å². The molecule has 0 bridgehead atoms. The Morgan fingerprint density at radius 3 is 2.11 bits per heavy atom. The zero-order valence-electron chi connectivity index (χ0n) is 35.6. The van der Waals surface area contributed by atoms with Crippen LogP contribution in [-0.2, 0) is 14.3 Å². The standard InChI is InChI=1S/C49H84O4/c1-7-8-9-10-11-12-13-14-15-16-17-18-19-20-21-22-26-39(35-46(50)51)47(52)53-41-31-33-48(5)40(36-41)27-28-42-44-30-29-43(38(4)25-23-24-37(2)3)49(44,6)34-32-45(42)48/h21-22,27,37-39,41-45H,7-20,23-26,28-36H2,1-6H3,(H,50,51)/b22-21+/t38-,39?,41?,42+,43-,44+,45+,48+,49-/m1/s1. The molecule has 0 aromatic heterocycles. The van der Waals surface area contributed by atoms with Crippen molar-refractivity contribution in [2.45, 2.75) is 221 Å². The van der Waals surface area contributed by atoms with Crippen LogP contribution in [0.2, 0.25) is 0 Å². The Bertz CT molecular complexity index is 1150. The van der Waals surface area contributed by atoms with Crippen molar-refractivity contribution in [2.75, 3.05) is 0 Å². The third-order valence-corrected chi connectivity index (χ3v) is 15.4. The van der Waals surface area contributed by atoms with Crippen LogP contribution in [0.4, 0.5) is 0 Å². The molecule has 0 radical (unpaired) electrons. The first-order valence-corrected chi connectivity index (χ1v) is 23.3. The number of carbonyl (C=O) groups is 2. The average Bonchev–Trinajstić information content (AvgIpc) is 3.48. The van der Waals surface area contributed by atoms with Crippen LogP contribution in [0, 0.1) is 52.3 Å². The van der Waals surface area contributed by atoms with Crippen molar-refractivity contribution in [1.29, 1.82) is 0 Å². The van der Waals surface area contributed by atoms with E-state index in [1.165, 1.54) is 134 Å². The summed E-state index contributed by atoms with van der Waals surface area (Å²) in [5, 5.41) is 9.62. The van der Waals surface area contributed by atoms with Gasteiger partial charge in [-0.1, -0.05) is 162 Å². The topological polar surface area (TPSA) is 63.6 Å². The second-order valence-electron chi connectivity index (χ2n) is 19.6. The molecule has 4 rings (SSSR count). The highest BCUT2D eigenvalue weighted by Gasteiger charge is 2.59. The van der Waals surface area contributed by atoms with Gasteiger partial charge in [-0.25, -0.2) is 0 Å². The lowest BCUT2D eigenvalue weighted by molar-refractivity contribution is -0.159. The van der Waals surface area contributed by atoms with Crippen molar-refractivity contribution in [1.82, 2.24) is 0 Å². The average molecular weight is 737 g/mol. The molecule has 304 valence electrons. The van der Waals surface area contributed by atoms with E-state index in [0.29, 0.717) is 11.8 Å². The zero-order chi connectivity index (χ0) is 38.3. The molecule has 0 amide bonds. The van der Waals surface area contributed by atoms with Gasteiger partial charge in [-0.3, -0.25) is 9.59 Å². The number of carboxylic acid groups (broad SMARTS) is 1. The molecule has 4 aliphatic carbocycles. The number of unbranched alkanes of at least 4 members (excludes halogenated alkanes) is 13. The van der Waals surface area contributed by atoms with Crippen LogP contribution in [0.15, 0.2) is 23.8 Å². The van der Waals surface area contributed by atoms with Gasteiger partial charge in [0, 0.05) is 6.42 Å². The first-order chi connectivity index (χ1) is 25.5. The fourth-order valence-corrected chi connectivity index (χ4v) is 12.1. The molecule has 1 N–H and O–H groups in total. The molecule has 0 aromatic carbocycles. The minimum absolute atomic E-state index is 0.124. The van der Waals surface area contributed by atoms with Gasteiger partial charge in [0.25, 0.3) is 0 Å². The molecule has 53 heavy (non-hydrogen) atoms. The van der Waals surface area contributed by atoms with E-state index in [1.54, 1.807) is 0 Å². The van der Waals surface area contributed by atoms with Gasteiger partial charge in [-0.15, -0.1) is 0 Å². The number of allylic oxidation sites excluding steroid dienone is 3. The normalized spacial score (nSPS) is 30.8. The van der Waals surface area contributed by atoms with Gasteiger partial charge in [0.05, 0.1) is 12.3 Å². The number of rotatable bonds is 25. The van der Waals surface area contributed by atoms with Gasteiger partial charge >= 0.3 is 11.9 Å². The lowest BCUT2D eigenvalue weighted by Gasteiger charge is -2.58. The van der Waals surface area contributed by atoms with E-state index in [2.05, 4.69) is 53.7 Å². The van der Waals surface area contributed by atoms with Gasteiger partial charge in [0.1, 0.15) is 6.10 Å². The second-order valence-corrected chi connectivity index (χ2v) is 19.6. The van der Waals surface area contributed by atoms with E-state index in [-0.39, 0.29) is 23.9 Å². The summed E-state index contributed by atoms with van der Waals surface area (Å²) < 4.78 is 6.16. The Morgan fingerprint density at radius 2 is 1.47 bits per heavy atom. The third-order valence-electron chi connectivity index (χ3n) is 15.4. The smallest absolute Gasteiger partial charge is 0.310 e. The lowest BCUT2D eigenvalue weighted by atomic mass is 9.47. The molecule has 3 fully saturated rings. The second kappa shape index (κ2) is 22.2. The van der Waals surface area contributed by atoms with E-state index < -0.39 is 11.9 Å². The molecule has 0 aliphatic heterocycles. The molecule has 2 unspecified atom stereocenters. The van der Waals surface area contributed by atoms with E-state index in [9.17, 15) is 14.7 Å². The van der Waals surface area contributed by atoms with E-state index >= 15 is 0 Å². The van der Waals surface area contributed by atoms with Gasteiger partial charge in [-0.05, 0) is 111 Å². The maximum absolute atomic E-state index is 13.4. The Labute approximate surface area is 327 Å². The maximum atomic E-state index is 13.4. The summed E-state index contributed by atoms with van der Waals surface area (Å²) in [7, 11) is 0. The summed E-state index contributed by atoms with van der Waals surface area (Å²) >= 11 is 0. The number of ether oxygens (including phenoxy) is 1. The summed E-state index contributed by atoms with van der Waals surface area (Å²) in [6.45, 7) is 14.8. The molecule has 0 saturated heterocycles. The van der Waals surface area contributed by atoms with Gasteiger partial charge < -0.3 is 9.84 Å². The number of carboxylic acids is 1. The lowest BCUT2D eigenvalue weighted by Crippen LogP contribution is -2.51. The van der Waals surface area contributed by atoms with Crippen molar-refractivity contribution in [3.8, 4) is 0 Å². The van der Waals surface area contributed by atoms with Crippen LogP contribution in [0.5, 0.6) is 0 Å². The molecule has 9 atom stereocenters. The Balaban J connectivity index is 1.18. The Kier molecular flexibility index (Phi) is 18.5. The number of esters is 1. The van der Waals surface area contributed by atoms with Crippen molar-refractivity contribution < 1.29 is 19.4 Å². The fourth-order valence-electron chi connectivity index (χ4n) is 12.1. The summed E-state index contributed by atoms with van der Waals surface area (Å²) in [6.07, 6.45) is 39.2. The minimum Gasteiger partial charge on any atom is -0.481 e. The van der Waals surface area contributed by atoms with Crippen LogP contribution in [0.25, 0.3) is 0 Å². The van der Waals surface area contributed by atoms with E-state index in [0.717, 1.165) is 67.6 Å². The largest absolute Gasteiger partial charge is 0.481 e. The molecule has 4 aliphatic rings. The SMILES string of the molecule is CCCCCCCCCCCCCCC/C=C/CC(CC(=O)O)C(=O)OC1CC[C@@]2(C)C(=CC[C@H]3[C@@H]4CC[C@H]([C@H](C)CCCC(C)C)[C@@]4(C)CC[C@@H]32)C1. The predicted molar refractivity (Wildman–Crippen MR) is 223 cm³/mol. The monoisotopic (exact) mass is 737 g/mol. The first-order valence-electron chi connectivity index (χ1n) is 23.3. The number of fused-ring (bicyclic) bond motifs is 5. The molecule has 4 nitrogen and oxygen atoms in total. The number of hydrogen-bond acceptors (Lipinski definition) is 3. The van der Waals surface area contributed by atoms with Crippen molar-refractivity contribution >= 4 is 11.9 Å². The number of hydrogen-bond donors (Lipinski definition) is 1. The number of carbonyl (C=O) groups excluding carboxylic acids is 1. The molecule has 0 heterocycles. The van der Waals surface area contributed by atoms with E-state index in [1.807, 2.05) is 6.08 Å². The molecular formula is C49H84O4. The minimum atomic E-state index is -0.919.